The Kier molecular flexibility index (Phi) is 3.62. The van der Waals surface area contributed by atoms with Gasteiger partial charge in [0.15, 0.2) is 0 Å². The van der Waals surface area contributed by atoms with Crippen LogP contribution in [0.4, 0.5) is 4.79 Å². The lowest BCUT2D eigenvalue weighted by Crippen LogP contribution is -2.38. The molecule has 5 nitrogen and oxygen atoms in total. The van der Waals surface area contributed by atoms with Gasteiger partial charge < -0.3 is 10.2 Å². The Hall–Kier alpha value is -1.65. The molecular weight excluding hydrogens is 240 g/mol. The minimum Gasteiger partial charge on any atom is -0.332 e. The summed E-state index contributed by atoms with van der Waals surface area (Å²) in [6.07, 6.45) is 6.88. The molecule has 2 heterocycles. The SMILES string of the molecule is O=C(NCc1cccnn1)N1CC2CCCCC2C1. The highest BCUT2D eigenvalue weighted by molar-refractivity contribution is 5.74. The lowest BCUT2D eigenvalue weighted by atomic mass is 9.82. The molecule has 0 bridgehead atoms. The third kappa shape index (κ3) is 2.85. The number of nitrogens with zero attached hydrogens (tertiary/aromatic N) is 3. The minimum atomic E-state index is 0.0417. The zero-order chi connectivity index (χ0) is 13.1. The van der Waals surface area contributed by atoms with E-state index in [1.807, 2.05) is 17.0 Å². The van der Waals surface area contributed by atoms with Gasteiger partial charge >= 0.3 is 6.03 Å². The van der Waals surface area contributed by atoms with E-state index in [2.05, 4.69) is 15.5 Å². The van der Waals surface area contributed by atoms with E-state index in [4.69, 9.17) is 0 Å². The molecule has 0 spiro atoms. The van der Waals surface area contributed by atoms with Crippen LogP contribution in [0.25, 0.3) is 0 Å². The molecule has 19 heavy (non-hydrogen) atoms. The van der Waals surface area contributed by atoms with Crippen molar-refractivity contribution in [2.24, 2.45) is 11.8 Å². The van der Waals surface area contributed by atoms with E-state index in [0.29, 0.717) is 6.54 Å². The molecule has 102 valence electrons. The Bertz CT molecular complexity index is 422. The summed E-state index contributed by atoms with van der Waals surface area (Å²) < 4.78 is 0. The van der Waals surface area contributed by atoms with E-state index in [1.54, 1.807) is 6.20 Å². The molecule has 2 fully saturated rings. The van der Waals surface area contributed by atoms with Crippen LogP contribution in [-0.2, 0) is 6.54 Å². The number of fused-ring (bicyclic) bond motifs is 1. The van der Waals surface area contributed by atoms with Crippen molar-refractivity contribution in [3.05, 3.63) is 24.0 Å². The molecule has 2 unspecified atom stereocenters. The van der Waals surface area contributed by atoms with E-state index < -0.39 is 0 Å². The smallest absolute Gasteiger partial charge is 0.317 e. The predicted molar refractivity (Wildman–Crippen MR) is 71.3 cm³/mol. The van der Waals surface area contributed by atoms with Gasteiger partial charge in [-0.15, -0.1) is 0 Å². The molecule has 1 aromatic heterocycles. The summed E-state index contributed by atoms with van der Waals surface area (Å²) in [6.45, 7) is 2.31. The van der Waals surface area contributed by atoms with Crippen LogP contribution >= 0.6 is 0 Å². The second-order valence-electron chi connectivity index (χ2n) is 5.58. The van der Waals surface area contributed by atoms with Gasteiger partial charge in [0.25, 0.3) is 0 Å². The van der Waals surface area contributed by atoms with Crippen LogP contribution in [0, 0.1) is 11.8 Å². The maximum atomic E-state index is 12.1. The molecule has 0 radical (unpaired) electrons. The van der Waals surface area contributed by atoms with E-state index in [0.717, 1.165) is 30.6 Å². The zero-order valence-electron chi connectivity index (χ0n) is 11.1. The number of likely N-dealkylation sites (tertiary alicyclic amines) is 1. The average Bonchev–Trinajstić information content (AvgIpc) is 2.90. The maximum Gasteiger partial charge on any atom is 0.317 e. The normalized spacial score (nSPS) is 26.0. The molecule has 1 saturated heterocycles. The highest BCUT2D eigenvalue weighted by Gasteiger charge is 2.36. The fourth-order valence-corrected chi connectivity index (χ4v) is 3.28. The van der Waals surface area contributed by atoms with Crippen molar-refractivity contribution < 1.29 is 4.79 Å². The Morgan fingerprint density at radius 1 is 1.32 bits per heavy atom. The number of urea groups is 1. The molecule has 2 atom stereocenters. The summed E-state index contributed by atoms with van der Waals surface area (Å²) in [4.78, 5) is 14.1. The third-order valence-corrected chi connectivity index (χ3v) is 4.31. The highest BCUT2D eigenvalue weighted by atomic mass is 16.2. The first kappa shape index (κ1) is 12.4. The predicted octanol–water partition coefficient (Wildman–Crippen LogP) is 1.81. The first-order chi connectivity index (χ1) is 9.33. The van der Waals surface area contributed by atoms with Gasteiger partial charge in [0.1, 0.15) is 0 Å². The van der Waals surface area contributed by atoms with Crippen molar-refractivity contribution in [2.45, 2.75) is 32.2 Å². The summed E-state index contributed by atoms with van der Waals surface area (Å²) in [5, 5.41) is 10.7. The number of hydrogen-bond donors (Lipinski definition) is 1. The quantitative estimate of drug-likeness (QED) is 0.882. The number of carbonyl (C=O) groups is 1. The number of amides is 2. The topological polar surface area (TPSA) is 58.1 Å². The number of rotatable bonds is 2. The molecule has 1 aliphatic heterocycles. The Labute approximate surface area is 113 Å². The van der Waals surface area contributed by atoms with Crippen molar-refractivity contribution >= 4 is 6.03 Å². The molecule has 1 aliphatic carbocycles. The van der Waals surface area contributed by atoms with E-state index in [9.17, 15) is 4.79 Å². The van der Waals surface area contributed by atoms with Crippen molar-refractivity contribution in [3.8, 4) is 0 Å². The van der Waals surface area contributed by atoms with Gasteiger partial charge in [-0.1, -0.05) is 12.8 Å². The minimum absolute atomic E-state index is 0.0417. The highest BCUT2D eigenvalue weighted by Crippen LogP contribution is 2.35. The molecule has 1 N–H and O–H groups in total. The zero-order valence-corrected chi connectivity index (χ0v) is 11.1. The Balaban J connectivity index is 1.51. The van der Waals surface area contributed by atoms with E-state index >= 15 is 0 Å². The second kappa shape index (κ2) is 5.55. The summed E-state index contributed by atoms with van der Waals surface area (Å²) >= 11 is 0. The largest absolute Gasteiger partial charge is 0.332 e. The standard InChI is InChI=1S/C14H20N4O/c19-14(15-8-13-6-3-7-16-17-13)18-9-11-4-1-2-5-12(11)10-18/h3,6-7,11-12H,1-2,4-5,8-10H2,(H,15,19). The van der Waals surface area contributed by atoms with Crippen LogP contribution in [0.15, 0.2) is 18.3 Å². The summed E-state index contributed by atoms with van der Waals surface area (Å²) in [7, 11) is 0. The van der Waals surface area contributed by atoms with E-state index in [1.165, 1.54) is 25.7 Å². The molecule has 0 aromatic carbocycles. The molecule has 2 aliphatic rings. The van der Waals surface area contributed by atoms with Crippen molar-refractivity contribution in [1.29, 1.82) is 0 Å². The average molecular weight is 260 g/mol. The molecule has 1 saturated carbocycles. The Morgan fingerprint density at radius 2 is 2.05 bits per heavy atom. The van der Waals surface area contributed by atoms with Gasteiger partial charge in [0, 0.05) is 19.3 Å². The monoisotopic (exact) mass is 260 g/mol. The van der Waals surface area contributed by atoms with Gasteiger partial charge in [-0.2, -0.15) is 10.2 Å². The van der Waals surface area contributed by atoms with Crippen molar-refractivity contribution in [2.75, 3.05) is 13.1 Å². The van der Waals surface area contributed by atoms with Gasteiger partial charge in [-0.3, -0.25) is 0 Å². The van der Waals surface area contributed by atoms with E-state index in [-0.39, 0.29) is 6.03 Å². The summed E-state index contributed by atoms with van der Waals surface area (Å²) in [5.74, 6) is 1.46. The fourth-order valence-electron chi connectivity index (χ4n) is 3.28. The van der Waals surface area contributed by atoms with Crippen LogP contribution in [0.1, 0.15) is 31.4 Å². The molecule has 5 heteroatoms. The van der Waals surface area contributed by atoms with Crippen LogP contribution in [0.5, 0.6) is 0 Å². The summed E-state index contributed by atoms with van der Waals surface area (Å²) in [6, 6.07) is 3.75. The van der Waals surface area contributed by atoms with Gasteiger partial charge in [-0.05, 0) is 36.8 Å². The Morgan fingerprint density at radius 3 is 2.68 bits per heavy atom. The van der Waals surface area contributed by atoms with Crippen LogP contribution < -0.4 is 5.32 Å². The van der Waals surface area contributed by atoms with Crippen LogP contribution in [0.2, 0.25) is 0 Å². The first-order valence-electron chi connectivity index (χ1n) is 7.12. The maximum absolute atomic E-state index is 12.1. The van der Waals surface area contributed by atoms with Gasteiger partial charge in [0.05, 0.1) is 12.2 Å². The number of hydrogen-bond acceptors (Lipinski definition) is 3. The van der Waals surface area contributed by atoms with Crippen LogP contribution in [0.3, 0.4) is 0 Å². The number of nitrogens with one attached hydrogen (secondary N) is 1. The van der Waals surface area contributed by atoms with Crippen molar-refractivity contribution in [3.63, 3.8) is 0 Å². The second-order valence-corrected chi connectivity index (χ2v) is 5.58. The first-order valence-corrected chi connectivity index (χ1v) is 7.12. The number of carbonyl (C=O) groups excluding carboxylic acids is 1. The summed E-state index contributed by atoms with van der Waals surface area (Å²) in [5.41, 5.74) is 0.799. The molecule has 3 rings (SSSR count). The van der Waals surface area contributed by atoms with Crippen LogP contribution in [-0.4, -0.2) is 34.2 Å². The molecule has 2 amide bonds. The molecule has 1 aromatic rings. The third-order valence-electron chi connectivity index (χ3n) is 4.31. The van der Waals surface area contributed by atoms with Gasteiger partial charge in [0.2, 0.25) is 0 Å². The lowest BCUT2D eigenvalue weighted by Gasteiger charge is -2.22. The van der Waals surface area contributed by atoms with Crippen molar-refractivity contribution in [1.82, 2.24) is 20.4 Å². The lowest BCUT2D eigenvalue weighted by molar-refractivity contribution is 0.205. The van der Waals surface area contributed by atoms with Gasteiger partial charge in [-0.25, -0.2) is 4.79 Å². The fraction of sp³-hybridized carbons (Fsp3) is 0.643. The number of aromatic nitrogens is 2. The molecular formula is C14H20N4O.